The third kappa shape index (κ3) is 3.87. The summed E-state index contributed by atoms with van der Waals surface area (Å²) in [5.41, 5.74) is 3.16. The molecular weight excluding hydrogens is 347 g/mol. The topological polar surface area (TPSA) is 68.5 Å². The van der Waals surface area contributed by atoms with Crippen LogP contribution in [0.3, 0.4) is 0 Å². The molecule has 4 rings (SSSR count). The van der Waals surface area contributed by atoms with Crippen LogP contribution in [0.4, 0.5) is 4.39 Å². The van der Waals surface area contributed by atoms with E-state index in [-0.39, 0.29) is 11.7 Å². The van der Waals surface area contributed by atoms with E-state index < -0.39 is 6.10 Å². The number of benzene rings is 2. The second kappa shape index (κ2) is 7.41. The smallest absolute Gasteiger partial charge is 0.264 e. The van der Waals surface area contributed by atoms with Crippen LogP contribution >= 0.6 is 0 Å². The molecule has 1 aromatic heterocycles. The molecule has 0 unspecified atom stereocenters. The fourth-order valence-corrected chi connectivity index (χ4v) is 2.86. The van der Waals surface area contributed by atoms with Crippen molar-refractivity contribution in [2.75, 3.05) is 0 Å². The Kier molecular flexibility index (Phi) is 4.65. The van der Waals surface area contributed by atoms with E-state index in [1.54, 1.807) is 24.7 Å². The minimum absolute atomic E-state index is 0.246. The zero-order chi connectivity index (χ0) is 18.6. The molecule has 0 aliphatic carbocycles. The van der Waals surface area contributed by atoms with Gasteiger partial charge in [0.15, 0.2) is 0 Å². The summed E-state index contributed by atoms with van der Waals surface area (Å²) in [5, 5.41) is 6.77. The SMILES string of the molecule is O=C(NCc1ccc(-n2ccnc2)cc1)[C@H]1CC(c2cccc(F)c2)=NO1. The lowest BCUT2D eigenvalue weighted by molar-refractivity contribution is -0.131. The number of halogens is 1. The van der Waals surface area contributed by atoms with Crippen LogP contribution in [0.5, 0.6) is 0 Å². The Morgan fingerprint density at radius 2 is 2.11 bits per heavy atom. The number of hydrogen-bond donors (Lipinski definition) is 1. The minimum atomic E-state index is -0.700. The average molecular weight is 364 g/mol. The van der Waals surface area contributed by atoms with E-state index in [2.05, 4.69) is 15.5 Å². The molecule has 0 spiro atoms. The molecule has 0 radical (unpaired) electrons. The van der Waals surface area contributed by atoms with Crippen LogP contribution in [0.1, 0.15) is 17.5 Å². The Bertz CT molecular complexity index is 968. The zero-order valence-electron chi connectivity index (χ0n) is 14.4. The summed E-state index contributed by atoms with van der Waals surface area (Å²) >= 11 is 0. The molecule has 2 aromatic carbocycles. The molecule has 0 saturated heterocycles. The van der Waals surface area contributed by atoms with E-state index in [0.29, 0.717) is 24.2 Å². The Balaban J connectivity index is 1.31. The fourth-order valence-electron chi connectivity index (χ4n) is 2.86. The number of nitrogens with zero attached hydrogens (tertiary/aromatic N) is 3. The van der Waals surface area contributed by atoms with Crippen LogP contribution in [-0.2, 0) is 16.2 Å². The normalized spacial score (nSPS) is 15.9. The van der Waals surface area contributed by atoms with Crippen molar-refractivity contribution in [1.82, 2.24) is 14.9 Å². The molecule has 6 nitrogen and oxygen atoms in total. The first kappa shape index (κ1) is 17.0. The molecule has 136 valence electrons. The first-order valence-corrected chi connectivity index (χ1v) is 8.53. The summed E-state index contributed by atoms with van der Waals surface area (Å²) in [6.07, 6.45) is 4.92. The molecule has 27 heavy (non-hydrogen) atoms. The predicted octanol–water partition coefficient (Wildman–Crippen LogP) is 2.82. The van der Waals surface area contributed by atoms with Crippen molar-refractivity contribution in [3.05, 3.63) is 84.2 Å². The van der Waals surface area contributed by atoms with Crippen LogP contribution < -0.4 is 5.32 Å². The Hall–Kier alpha value is -3.48. The van der Waals surface area contributed by atoms with E-state index in [0.717, 1.165) is 11.3 Å². The number of nitrogens with one attached hydrogen (secondary N) is 1. The van der Waals surface area contributed by atoms with Crippen LogP contribution in [0.15, 0.2) is 72.4 Å². The van der Waals surface area contributed by atoms with E-state index in [1.807, 2.05) is 35.0 Å². The maximum absolute atomic E-state index is 13.3. The van der Waals surface area contributed by atoms with Gasteiger partial charge < -0.3 is 14.7 Å². The summed E-state index contributed by atoms with van der Waals surface area (Å²) in [4.78, 5) is 21.6. The zero-order valence-corrected chi connectivity index (χ0v) is 14.4. The van der Waals surface area contributed by atoms with Gasteiger partial charge in [0.25, 0.3) is 5.91 Å². The van der Waals surface area contributed by atoms with Gasteiger partial charge in [-0.1, -0.05) is 29.4 Å². The molecule has 0 fully saturated rings. The second-order valence-corrected chi connectivity index (χ2v) is 6.20. The molecule has 0 bridgehead atoms. The highest BCUT2D eigenvalue weighted by molar-refractivity contribution is 6.04. The van der Waals surface area contributed by atoms with Crippen molar-refractivity contribution in [2.24, 2.45) is 5.16 Å². The average Bonchev–Trinajstić information content (AvgIpc) is 3.38. The number of imidazole rings is 1. The lowest BCUT2D eigenvalue weighted by Gasteiger charge is -2.10. The Morgan fingerprint density at radius 1 is 1.26 bits per heavy atom. The lowest BCUT2D eigenvalue weighted by atomic mass is 10.0. The molecule has 1 aliphatic heterocycles. The highest BCUT2D eigenvalue weighted by atomic mass is 19.1. The Morgan fingerprint density at radius 3 is 2.85 bits per heavy atom. The van der Waals surface area contributed by atoms with Gasteiger partial charge in [0.1, 0.15) is 5.82 Å². The summed E-state index contributed by atoms with van der Waals surface area (Å²) in [5.74, 6) is -0.592. The van der Waals surface area contributed by atoms with E-state index in [9.17, 15) is 9.18 Å². The highest BCUT2D eigenvalue weighted by Gasteiger charge is 2.28. The number of carbonyl (C=O) groups excluding carboxylic acids is 1. The quantitative estimate of drug-likeness (QED) is 0.757. The number of hydrogen-bond acceptors (Lipinski definition) is 4. The van der Waals surface area contributed by atoms with Crippen LogP contribution in [0, 0.1) is 5.82 Å². The van der Waals surface area contributed by atoms with Crippen molar-refractivity contribution in [3.63, 3.8) is 0 Å². The lowest BCUT2D eigenvalue weighted by Crippen LogP contribution is -2.34. The molecule has 1 amide bonds. The standard InChI is InChI=1S/C20H17FN4O2/c21-16-3-1-2-15(10-16)18-11-19(27-24-18)20(26)23-12-14-4-6-17(7-5-14)25-9-8-22-13-25/h1-10,13,19H,11-12H2,(H,23,26)/t19-/m1/s1. The summed E-state index contributed by atoms with van der Waals surface area (Å²) in [6, 6.07) is 13.9. The van der Waals surface area contributed by atoms with Gasteiger partial charge in [0.2, 0.25) is 6.10 Å². The maximum Gasteiger partial charge on any atom is 0.264 e. The third-order valence-electron chi connectivity index (χ3n) is 4.32. The van der Waals surface area contributed by atoms with Crippen molar-refractivity contribution < 1.29 is 14.0 Å². The highest BCUT2D eigenvalue weighted by Crippen LogP contribution is 2.18. The molecule has 1 atom stereocenters. The second-order valence-electron chi connectivity index (χ2n) is 6.20. The fraction of sp³-hybridized carbons (Fsp3) is 0.150. The Labute approximate surface area is 155 Å². The molecule has 1 N–H and O–H groups in total. The van der Waals surface area contributed by atoms with E-state index in [4.69, 9.17) is 4.84 Å². The number of aromatic nitrogens is 2. The van der Waals surface area contributed by atoms with Crippen LogP contribution in [-0.4, -0.2) is 27.3 Å². The third-order valence-corrected chi connectivity index (χ3v) is 4.32. The van der Waals surface area contributed by atoms with Gasteiger partial charge in [0, 0.05) is 36.6 Å². The summed E-state index contributed by atoms with van der Waals surface area (Å²) < 4.78 is 15.2. The van der Waals surface area contributed by atoms with Gasteiger partial charge in [0.05, 0.1) is 12.0 Å². The summed E-state index contributed by atoms with van der Waals surface area (Å²) in [7, 11) is 0. The first-order valence-electron chi connectivity index (χ1n) is 8.53. The van der Waals surface area contributed by atoms with Gasteiger partial charge in [-0.2, -0.15) is 0 Å². The molecule has 7 heteroatoms. The first-order chi connectivity index (χ1) is 13.2. The van der Waals surface area contributed by atoms with E-state index in [1.165, 1.54) is 12.1 Å². The monoisotopic (exact) mass is 364 g/mol. The van der Waals surface area contributed by atoms with Gasteiger partial charge in [-0.3, -0.25) is 4.79 Å². The molecule has 1 aliphatic rings. The predicted molar refractivity (Wildman–Crippen MR) is 97.8 cm³/mol. The molecular formula is C20H17FN4O2. The van der Waals surface area contributed by atoms with Crippen LogP contribution in [0.2, 0.25) is 0 Å². The number of rotatable bonds is 5. The van der Waals surface area contributed by atoms with Gasteiger partial charge in [-0.25, -0.2) is 9.37 Å². The summed E-state index contributed by atoms with van der Waals surface area (Å²) in [6.45, 7) is 0.387. The van der Waals surface area contributed by atoms with Gasteiger partial charge in [-0.05, 0) is 29.8 Å². The maximum atomic E-state index is 13.3. The van der Waals surface area contributed by atoms with Crippen molar-refractivity contribution >= 4 is 11.6 Å². The minimum Gasteiger partial charge on any atom is -0.382 e. The number of carbonyl (C=O) groups is 1. The number of oxime groups is 1. The van der Waals surface area contributed by atoms with Crippen molar-refractivity contribution in [2.45, 2.75) is 19.1 Å². The number of amides is 1. The van der Waals surface area contributed by atoms with Gasteiger partial charge >= 0.3 is 0 Å². The van der Waals surface area contributed by atoms with Crippen molar-refractivity contribution in [1.29, 1.82) is 0 Å². The largest absolute Gasteiger partial charge is 0.382 e. The molecule has 3 aromatic rings. The van der Waals surface area contributed by atoms with Crippen molar-refractivity contribution in [3.8, 4) is 5.69 Å². The molecule has 2 heterocycles. The van der Waals surface area contributed by atoms with Crippen LogP contribution in [0.25, 0.3) is 5.69 Å². The van der Waals surface area contributed by atoms with E-state index >= 15 is 0 Å². The van der Waals surface area contributed by atoms with Gasteiger partial charge in [-0.15, -0.1) is 0 Å². The molecule has 0 saturated carbocycles.